The van der Waals surface area contributed by atoms with Crippen LogP contribution in [-0.4, -0.2) is 16.8 Å². The fourth-order valence-electron chi connectivity index (χ4n) is 1.97. The van der Waals surface area contributed by atoms with Crippen LogP contribution in [0.3, 0.4) is 0 Å². The van der Waals surface area contributed by atoms with Gasteiger partial charge in [0, 0.05) is 12.7 Å². The number of hydrogen-bond acceptors (Lipinski definition) is 2. The number of nitrogens with one attached hydrogen (secondary N) is 1. The molecule has 0 saturated carbocycles. The standard InChI is InChI=1S/C12H23N3/c1-5-9-15-11(7-8-14-15)12(13-4)10(3)6-2/h7-8,10,12-13H,5-6,9H2,1-4H3. The van der Waals surface area contributed by atoms with Crippen LogP contribution in [0.2, 0.25) is 0 Å². The van der Waals surface area contributed by atoms with Crippen molar-refractivity contribution in [2.24, 2.45) is 5.92 Å². The number of hydrogen-bond donors (Lipinski definition) is 1. The number of aromatic nitrogens is 2. The van der Waals surface area contributed by atoms with Gasteiger partial charge in [0.25, 0.3) is 0 Å². The topological polar surface area (TPSA) is 29.9 Å². The fourth-order valence-corrected chi connectivity index (χ4v) is 1.97. The second-order valence-electron chi connectivity index (χ2n) is 4.13. The van der Waals surface area contributed by atoms with Gasteiger partial charge in [-0.25, -0.2) is 0 Å². The molecule has 2 atom stereocenters. The lowest BCUT2D eigenvalue weighted by Crippen LogP contribution is -2.26. The highest BCUT2D eigenvalue weighted by Gasteiger charge is 2.19. The Morgan fingerprint density at radius 3 is 2.73 bits per heavy atom. The summed E-state index contributed by atoms with van der Waals surface area (Å²) in [5.41, 5.74) is 1.31. The molecule has 1 aromatic rings. The number of nitrogens with zero attached hydrogens (tertiary/aromatic N) is 2. The molecule has 3 heteroatoms. The molecule has 1 aromatic heterocycles. The van der Waals surface area contributed by atoms with Crippen LogP contribution in [0.4, 0.5) is 0 Å². The van der Waals surface area contributed by atoms with E-state index in [0.717, 1.165) is 13.0 Å². The summed E-state index contributed by atoms with van der Waals surface area (Å²) in [4.78, 5) is 0. The summed E-state index contributed by atoms with van der Waals surface area (Å²) in [7, 11) is 2.03. The smallest absolute Gasteiger partial charge is 0.0556 e. The Bertz CT molecular complexity index is 280. The molecule has 0 fully saturated rings. The average Bonchev–Trinajstić information content (AvgIpc) is 2.68. The van der Waals surface area contributed by atoms with E-state index >= 15 is 0 Å². The van der Waals surface area contributed by atoms with E-state index < -0.39 is 0 Å². The van der Waals surface area contributed by atoms with Gasteiger partial charge in [0.2, 0.25) is 0 Å². The van der Waals surface area contributed by atoms with Gasteiger partial charge in [-0.1, -0.05) is 27.2 Å². The molecule has 3 nitrogen and oxygen atoms in total. The lowest BCUT2D eigenvalue weighted by Gasteiger charge is -2.23. The van der Waals surface area contributed by atoms with Gasteiger partial charge in [-0.2, -0.15) is 5.10 Å². The maximum absolute atomic E-state index is 4.37. The zero-order valence-corrected chi connectivity index (χ0v) is 10.3. The first kappa shape index (κ1) is 12.2. The Kier molecular flexibility index (Phi) is 4.82. The molecule has 0 aliphatic heterocycles. The highest BCUT2D eigenvalue weighted by atomic mass is 15.3. The molecule has 0 bridgehead atoms. The van der Waals surface area contributed by atoms with Gasteiger partial charge in [0.05, 0.1) is 11.7 Å². The molecule has 2 unspecified atom stereocenters. The van der Waals surface area contributed by atoms with Crippen molar-refractivity contribution >= 4 is 0 Å². The third-order valence-corrected chi connectivity index (χ3v) is 3.03. The van der Waals surface area contributed by atoms with Crippen LogP contribution in [0.15, 0.2) is 12.3 Å². The third-order valence-electron chi connectivity index (χ3n) is 3.03. The summed E-state index contributed by atoms with van der Waals surface area (Å²) in [5.74, 6) is 0.641. The zero-order valence-electron chi connectivity index (χ0n) is 10.3. The summed E-state index contributed by atoms with van der Waals surface area (Å²) in [5, 5.41) is 7.76. The van der Waals surface area contributed by atoms with Crippen molar-refractivity contribution in [2.75, 3.05) is 7.05 Å². The van der Waals surface area contributed by atoms with Gasteiger partial charge in [-0.05, 0) is 25.5 Å². The van der Waals surface area contributed by atoms with Crippen molar-refractivity contribution < 1.29 is 0 Å². The van der Waals surface area contributed by atoms with E-state index in [1.807, 2.05) is 13.2 Å². The Morgan fingerprint density at radius 2 is 2.20 bits per heavy atom. The van der Waals surface area contributed by atoms with E-state index in [4.69, 9.17) is 0 Å². The van der Waals surface area contributed by atoms with Gasteiger partial charge < -0.3 is 5.32 Å². The summed E-state index contributed by atoms with van der Waals surface area (Å²) in [6, 6.07) is 2.55. The fraction of sp³-hybridized carbons (Fsp3) is 0.750. The molecule has 0 saturated heterocycles. The van der Waals surface area contributed by atoms with Gasteiger partial charge in [-0.3, -0.25) is 4.68 Å². The Hall–Kier alpha value is -0.830. The minimum absolute atomic E-state index is 0.420. The average molecular weight is 209 g/mol. The number of rotatable bonds is 6. The molecular formula is C12H23N3. The van der Waals surface area contributed by atoms with Crippen LogP contribution in [-0.2, 0) is 6.54 Å². The van der Waals surface area contributed by atoms with E-state index in [9.17, 15) is 0 Å². The molecule has 86 valence electrons. The minimum Gasteiger partial charge on any atom is -0.311 e. The maximum atomic E-state index is 4.37. The predicted molar refractivity (Wildman–Crippen MR) is 63.8 cm³/mol. The molecule has 1 rings (SSSR count). The van der Waals surface area contributed by atoms with E-state index in [-0.39, 0.29) is 0 Å². The molecular weight excluding hydrogens is 186 g/mol. The highest BCUT2D eigenvalue weighted by Crippen LogP contribution is 2.23. The van der Waals surface area contributed by atoms with Crippen molar-refractivity contribution in [2.45, 2.75) is 46.2 Å². The molecule has 0 spiro atoms. The van der Waals surface area contributed by atoms with Crippen LogP contribution in [0.1, 0.15) is 45.3 Å². The normalized spacial score (nSPS) is 15.2. The Morgan fingerprint density at radius 1 is 1.47 bits per heavy atom. The van der Waals surface area contributed by atoms with Crippen molar-refractivity contribution in [1.82, 2.24) is 15.1 Å². The summed E-state index contributed by atoms with van der Waals surface area (Å²) in [6.45, 7) is 7.71. The second kappa shape index (κ2) is 5.91. The van der Waals surface area contributed by atoms with Crippen LogP contribution in [0.5, 0.6) is 0 Å². The van der Waals surface area contributed by atoms with E-state index in [1.165, 1.54) is 12.1 Å². The number of aryl methyl sites for hydroxylation is 1. The van der Waals surface area contributed by atoms with E-state index in [1.54, 1.807) is 0 Å². The second-order valence-corrected chi connectivity index (χ2v) is 4.13. The van der Waals surface area contributed by atoms with Crippen molar-refractivity contribution in [3.8, 4) is 0 Å². The monoisotopic (exact) mass is 209 g/mol. The molecule has 15 heavy (non-hydrogen) atoms. The molecule has 1 N–H and O–H groups in total. The lowest BCUT2D eigenvalue weighted by atomic mass is 9.96. The summed E-state index contributed by atoms with van der Waals surface area (Å²) in [6.07, 6.45) is 4.21. The maximum Gasteiger partial charge on any atom is 0.0556 e. The van der Waals surface area contributed by atoms with E-state index in [0.29, 0.717) is 12.0 Å². The van der Waals surface area contributed by atoms with Gasteiger partial charge in [0.1, 0.15) is 0 Å². The third kappa shape index (κ3) is 2.81. The van der Waals surface area contributed by atoms with Crippen LogP contribution >= 0.6 is 0 Å². The Labute approximate surface area is 92.9 Å². The van der Waals surface area contributed by atoms with Gasteiger partial charge >= 0.3 is 0 Å². The molecule has 0 aromatic carbocycles. The van der Waals surface area contributed by atoms with Crippen LogP contribution in [0, 0.1) is 5.92 Å². The zero-order chi connectivity index (χ0) is 11.3. The molecule has 0 amide bonds. The molecule has 1 heterocycles. The van der Waals surface area contributed by atoms with Gasteiger partial charge in [-0.15, -0.1) is 0 Å². The Balaban J connectivity index is 2.85. The van der Waals surface area contributed by atoms with Gasteiger partial charge in [0.15, 0.2) is 0 Å². The predicted octanol–water partition coefficient (Wildman–Crippen LogP) is 2.60. The minimum atomic E-state index is 0.420. The van der Waals surface area contributed by atoms with E-state index in [2.05, 4.69) is 41.9 Å². The SMILES string of the molecule is CCCn1nccc1C(NC)C(C)CC. The first-order valence-electron chi connectivity index (χ1n) is 5.93. The van der Waals surface area contributed by atoms with Crippen LogP contribution in [0.25, 0.3) is 0 Å². The molecule has 0 aliphatic rings. The summed E-state index contributed by atoms with van der Waals surface area (Å²) >= 11 is 0. The first-order valence-corrected chi connectivity index (χ1v) is 5.93. The first-order chi connectivity index (χ1) is 7.24. The van der Waals surface area contributed by atoms with Crippen molar-refractivity contribution in [3.05, 3.63) is 18.0 Å². The largest absolute Gasteiger partial charge is 0.311 e. The van der Waals surface area contributed by atoms with Crippen LogP contribution < -0.4 is 5.32 Å². The molecule has 0 aliphatic carbocycles. The quantitative estimate of drug-likeness (QED) is 0.780. The highest BCUT2D eigenvalue weighted by molar-refractivity contribution is 5.08. The van der Waals surface area contributed by atoms with Crippen molar-refractivity contribution in [1.29, 1.82) is 0 Å². The lowest BCUT2D eigenvalue weighted by molar-refractivity contribution is 0.372. The molecule has 0 radical (unpaired) electrons. The van der Waals surface area contributed by atoms with Crippen molar-refractivity contribution in [3.63, 3.8) is 0 Å². The summed E-state index contributed by atoms with van der Waals surface area (Å²) < 4.78 is 2.12.